The van der Waals surface area contributed by atoms with E-state index < -0.39 is 49.2 Å². The second-order valence-electron chi connectivity index (χ2n) is 4.28. The highest BCUT2D eigenvalue weighted by Gasteiger charge is 2.57. The number of carbonyl (C=O) groups is 1. The molecule has 2 saturated heterocycles. The number of piperidine rings is 1. The zero-order valence-electron chi connectivity index (χ0n) is 9.01. The Labute approximate surface area is 97.2 Å². The van der Waals surface area contributed by atoms with Gasteiger partial charge in [-0.25, -0.2) is 4.79 Å². The molecule has 0 unspecified atom stereocenters. The van der Waals surface area contributed by atoms with Crippen molar-refractivity contribution in [2.75, 3.05) is 13.2 Å². The first-order chi connectivity index (χ1) is 8.02. The van der Waals surface area contributed by atoms with E-state index in [2.05, 4.69) is 0 Å². The third-order valence-corrected chi connectivity index (χ3v) is 3.39. The van der Waals surface area contributed by atoms with E-state index in [-0.39, 0.29) is 6.54 Å². The van der Waals surface area contributed by atoms with Crippen LogP contribution in [0.4, 0.5) is 4.79 Å². The highest BCUT2D eigenvalue weighted by Crippen LogP contribution is 2.32. The molecular weight excluding hydrogens is 232 g/mol. The molecule has 0 aromatic carbocycles. The Balaban J connectivity index is 2.33. The minimum Gasteiger partial charge on any atom is -0.442 e. The van der Waals surface area contributed by atoms with E-state index in [9.17, 15) is 20.1 Å². The van der Waals surface area contributed by atoms with Crippen LogP contribution < -0.4 is 5.73 Å². The zero-order chi connectivity index (χ0) is 12.7. The van der Waals surface area contributed by atoms with E-state index in [1.807, 2.05) is 0 Å². The summed E-state index contributed by atoms with van der Waals surface area (Å²) < 4.78 is 4.93. The minimum atomic E-state index is -1.45. The van der Waals surface area contributed by atoms with Crippen molar-refractivity contribution in [1.29, 1.82) is 0 Å². The maximum absolute atomic E-state index is 11.6. The lowest BCUT2D eigenvalue weighted by molar-refractivity contribution is -0.153. The Morgan fingerprint density at radius 3 is 2.41 bits per heavy atom. The van der Waals surface area contributed by atoms with Gasteiger partial charge in [-0.3, -0.25) is 4.90 Å². The standard InChI is InChI=1S/C9H16N2O6/c10-1-4-5-7(14)8(15)6(13)3(2-12)11(5)9(16)17-4/h3-8,12-15H,1-2,10H2/t3-,4+,5-,6-,7+,8+/m1/s1. The molecule has 2 aliphatic rings. The Bertz CT molecular complexity index is 314. The lowest BCUT2D eigenvalue weighted by Crippen LogP contribution is -2.68. The van der Waals surface area contributed by atoms with Crippen LogP contribution in [0.25, 0.3) is 0 Å². The van der Waals surface area contributed by atoms with Gasteiger partial charge in [0.25, 0.3) is 0 Å². The van der Waals surface area contributed by atoms with Crippen LogP contribution in [0.5, 0.6) is 0 Å². The highest BCUT2D eigenvalue weighted by atomic mass is 16.6. The first kappa shape index (κ1) is 12.5. The van der Waals surface area contributed by atoms with Crippen LogP contribution >= 0.6 is 0 Å². The number of aliphatic hydroxyl groups is 4. The molecule has 17 heavy (non-hydrogen) atoms. The quantitative estimate of drug-likeness (QED) is 0.343. The molecule has 8 nitrogen and oxygen atoms in total. The number of cyclic esters (lactones) is 1. The maximum Gasteiger partial charge on any atom is 0.411 e. The number of hydrogen-bond acceptors (Lipinski definition) is 7. The van der Waals surface area contributed by atoms with E-state index in [4.69, 9.17) is 15.6 Å². The normalized spacial score (nSPS) is 45.7. The second kappa shape index (κ2) is 4.39. The van der Waals surface area contributed by atoms with E-state index in [1.165, 1.54) is 0 Å². The minimum absolute atomic E-state index is 0.00900. The molecule has 2 fully saturated rings. The number of amides is 1. The highest BCUT2D eigenvalue weighted by molar-refractivity contribution is 5.72. The summed E-state index contributed by atoms with van der Waals surface area (Å²) >= 11 is 0. The van der Waals surface area contributed by atoms with Crippen molar-refractivity contribution in [2.24, 2.45) is 5.73 Å². The van der Waals surface area contributed by atoms with Crippen LogP contribution in [-0.4, -0.2) is 81.1 Å². The summed E-state index contributed by atoms with van der Waals surface area (Å²) in [4.78, 5) is 12.6. The topological polar surface area (TPSA) is 136 Å². The SMILES string of the molecule is NC[C@@H]1OC(=O)N2[C@H]1[C@H](O)[C@@H](O)[C@H](O)[C@H]2CO. The molecule has 6 atom stereocenters. The monoisotopic (exact) mass is 248 g/mol. The summed E-state index contributed by atoms with van der Waals surface area (Å²) in [6, 6.07) is -1.84. The molecule has 0 saturated carbocycles. The molecule has 0 aromatic rings. The van der Waals surface area contributed by atoms with Crippen molar-refractivity contribution in [3.63, 3.8) is 0 Å². The van der Waals surface area contributed by atoms with Crippen LogP contribution in [0.2, 0.25) is 0 Å². The molecule has 2 rings (SSSR count). The molecule has 0 aromatic heterocycles. The first-order valence-electron chi connectivity index (χ1n) is 5.37. The van der Waals surface area contributed by atoms with Gasteiger partial charge < -0.3 is 30.9 Å². The van der Waals surface area contributed by atoms with Crippen molar-refractivity contribution in [2.45, 2.75) is 36.5 Å². The van der Waals surface area contributed by atoms with E-state index in [1.54, 1.807) is 0 Å². The summed E-state index contributed by atoms with van der Waals surface area (Å²) in [6.07, 6.45) is -5.73. The van der Waals surface area contributed by atoms with Crippen LogP contribution in [0.3, 0.4) is 0 Å². The number of nitrogens with zero attached hydrogens (tertiary/aromatic N) is 1. The molecular formula is C9H16N2O6. The van der Waals surface area contributed by atoms with Gasteiger partial charge in [0, 0.05) is 6.54 Å². The predicted octanol–water partition coefficient (Wildman–Crippen LogP) is -3.41. The molecule has 2 heterocycles. The smallest absolute Gasteiger partial charge is 0.411 e. The van der Waals surface area contributed by atoms with Crippen LogP contribution in [0.1, 0.15) is 0 Å². The van der Waals surface area contributed by atoms with Gasteiger partial charge in [0.2, 0.25) is 0 Å². The van der Waals surface area contributed by atoms with Gasteiger partial charge >= 0.3 is 6.09 Å². The van der Waals surface area contributed by atoms with Crippen molar-refractivity contribution in [3.8, 4) is 0 Å². The number of carbonyl (C=O) groups excluding carboxylic acids is 1. The summed E-state index contributed by atoms with van der Waals surface area (Å²) in [5, 5.41) is 38.3. The molecule has 0 radical (unpaired) electrons. The zero-order valence-corrected chi connectivity index (χ0v) is 9.01. The molecule has 6 N–H and O–H groups in total. The van der Waals surface area contributed by atoms with Gasteiger partial charge in [-0.15, -0.1) is 0 Å². The van der Waals surface area contributed by atoms with E-state index >= 15 is 0 Å². The number of fused-ring (bicyclic) bond motifs is 1. The fraction of sp³-hybridized carbons (Fsp3) is 0.889. The van der Waals surface area contributed by atoms with Gasteiger partial charge in [-0.1, -0.05) is 0 Å². The summed E-state index contributed by atoms with van der Waals surface area (Å²) in [5.41, 5.74) is 5.41. The van der Waals surface area contributed by atoms with Crippen LogP contribution in [0.15, 0.2) is 0 Å². The molecule has 0 aliphatic carbocycles. The largest absolute Gasteiger partial charge is 0.442 e. The molecule has 2 aliphatic heterocycles. The average molecular weight is 248 g/mol. The summed E-state index contributed by atoms with van der Waals surface area (Å²) in [7, 11) is 0. The Hall–Kier alpha value is -0.930. The number of rotatable bonds is 2. The van der Waals surface area contributed by atoms with Crippen molar-refractivity contribution in [3.05, 3.63) is 0 Å². The fourth-order valence-electron chi connectivity index (χ4n) is 2.48. The second-order valence-corrected chi connectivity index (χ2v) is 4.28. The van der Waals surface area contributed by atoms with Crippen molar-refractivity contribution < 1.29 is 30.0 Å². The number of hydrogen-bond donors (Lipinski definition) is 5. The van der Waals surface area contributed by atoms with Gasteiger partial charge in [0.1, 0.15) is 30.5 Å². The Morgan fingerprint density at radius 2 is 1.88 bits per heavy atom. The van der Waals surface area contributed by atoms with Gasteiger partial charge in [-0.2, -0.15) is 0 Å². The van der Waals surface area contributed by atoms with Crippen molar-refractivity contribution in [1.82, 2.24) is 4.90 Å². The third kappa shape index (κ3) is 1.69. The molecule has 8 heteroatoms. The molecule has 0 bridgehead atoms. The Morgan fingerprint density at radius 1 is 1.24 bits per heavy atom. The number of nitrogens with two attached hydrogens (primary N) is 1. The van der Waals surface area contributed by atoms with Crippen molar-refractivity contribution >= 4 is 6.09 Å². The number of aliphatic hydroxyl groups excluding tert-OH is 4. The lowest BCUT2D eigenvalue weighted by atomic mass is 9.86. The van der Waals surface area contributed by atoms with Crippen LogP contribution in [0, 0.1) is 0 Å². The number of ether oxygens (including phenoxy) is 1. The predicted molar refractivity (Wildman–Crippen MR) is 53.8 cm³/mol. The maximum atomic E-state index is 11.6. The van der Waals surface area contributed by atoms with E-state index in [0.29, 0.717) is 0 Å². The average Bonchev–Trinajstić information content (AvgIpc) is 2.65. The molecule has 98 valence electrons. The molecule has 1 amide bonds. The van der Waals surface area contributed by atoms with Gasteiger partial charge in [-0.05, 0) is 0 Å². The lowest BCUT2D eigenvalue weighted by Gasteiger charge is -2.44. The van der Waals surface area contributed by atoms with Crippen LogP contribution in [-0.2, 0) is 4.74 Å². The third-order valence-electron chi connectivity index (χ3n) is 3.39. The molecule has 0 spiro atoms. The van der Waals surface area contributed by atoms with Gasteiger partial charge in [0.15, 0.2) is 0 Å². The first-order valence-corrected chi connectivity index (χ1v) is 5.37. The van der Waals surface area contributed by atoms with E-state index in [0.717, 1.165) is 4.90 Å². The summed E-state index contributed by atoms with van der Waals surface area (Å²) in [5.74, 6) is 0. The fourth-order valence-corrected chi connectivity index (χ4v) is 2.48. The Kier molecular flexibility index (Phi) is 3.23. The van der Waals surface area contributed by atoms with Gasteiger partial charge in [0.05, 0.1) is 12.6 Å². The summed E-state index contributed by atoms with van der Waals surface area (Å²) in [6.45, 7) is -0.543.